The first-order chi connectivity index (χ1) is 9.52. The van der Waals surface area contributed by atoms with Gasteiger partial charge in [-0.1, -0.05) is 19.3 Å². The molecule has 2 amide bonds. The highest BCUT2D eigenvalue weighted by Crippen LogP contribution is 2.24. The summed E-state index contributed by atoms with van der Waals surface area (Å²) in [5.74, 6) is -1.52. The molecule has 6 nitrogen and oxygen atoms in total. The van der Waals surface area contributed by atoms with Crippen molar-refractivity contribution >= 4 is 12.0 Å². The zero-order chi connectivity index (χ0) is 14.7. The van der Waals surface area contributed by atoms with E-state index in [0.717, 1.165) is 25.7 Å². The molecular weight excluding hydrogens is 260 g/mol. The van der Waals surface area contributed by atoms with Crippen LogP contribution in [-0.2, 0) is 9.53 Å². The van der Waals surface area contributed by atoms with Gasteiger partial charge < -0.3 is 19.6 Å². The lowest BCUT2D eigenvalue weighted by atomic mass is 9.94. The number of ether oxygens (including phenoxy) is 1. The summed E-state index contributed by atoms with van der Waals surface area (Å²) in [5, 5.41) is 9.17. The number of carbonyl (C=O) groups is 2. The number of carboxylic acids is 1. The van der Waals surface area contributed by atoms with Crippen LogP contribution in [0.4, 0.5) is 4.79 Å². The fourth-order valence-electron chi connectivity index (χ4n) is 3.18. The molecule has 1 saturated carbocycles. The molecule has 1 aliphatic carbocycles. The topological polar surface area (TPSA) is 70.1 Å². The van der Waals surface area contributed by atoms with Crippen molar-refractivity contribution in [2.24, 2.45) is 5.92 Å². The summed E-state index contributed by atoms with van der Waals surface area (Å²) in [4.78, 5) is 27.0. The molecule has 0 aromatic carbocycles. The minimum Gasteiger partial charge on any atom is -0.481 e. The highest BCUT2D eigenvalue weighted by molar-refractivity contribution is 5.77. The van der Waals surface area contributed by atoms with Gasteiger partial charge >= 0.3 is 12.0 Å². The molecule has 0 bridgehead atoms. The van der Waals surface area contributed by atoms with Crippen LogP contribution >= 0.6 is 0 Å². The first-order valence-electron chi connectivity index (χ1n) is 7.32. The van der Waals surface area contributed by atoms with Crippen molar-refractivity contribution in [2.45, 2.75) is 44.2 Å². The maximum absolute atomic E-state index is 12.5. The molecule has 1 saturated heterocycles. The van der Waals surface area contributed by atoms with Crippen molar-refractivity contribution in [3.63, 3.8) is 0 Å². The predicted octanol–water partition coefficient (Wildman–Crippen LogP) is 1.40. The number of rotatable bonds is 3. The van der Waals surface area contributed by atoms with Gasteiger partial charge in [0.2, 0.25) is 0 Å². The van der Waals surface area contributed by atoms with Crippen molar-refractivity contribution in [2.75, 3.05) is 27.3 Å². The van der Waals surface area contributed by atoms with Crippen molar-refractivity contribution in [3.8, 4) is 0 Å². The van der Waals surface area contributed by atoms with Crippen molar-refractivity contribution in [1.29, 1.82) is 0 Å². The Morgan fingerprint density at radius 1 is 1.05 bits per heavy atom. The minimum absolute atomic E-state index is 0.0985. The molecule has 0 radical (unpaired) electrons. The molecule has 114 valence electrons. The molecule has 2 unspecified atom stereocenters. The Hall–Kier alpha value is -1.30. The van der Waals surface area contributed by atoms with E-state index in [1.54, 1.807) is 16.8 Å². The lowest BCUT2D eigenvalue weighted by Gasteiger charge is -2.36. The fourth-order valence-corrected chi connectivity index (χ4v) is 3.18. The van der Waals surface area contributed by atoms with E-state index < -0.39 is 11.9 Å². The number of amides is 2. The third-order valence-electron chi connectivity index (χ3n) is 4.59. The Bertz CT molecular complexity index is 368. The smallest absolute Gasteiger partial charge is 0.320 e. The molecular formula is C14H24N2O4. The van der Waals surface area contributed by atoms with Crippen LogP contribution in [0.1, 0.15) is 32.1 Å². The van der Waals surface area contributed by atoms with Gasteiger partial charge in [-0.3, -0.25) is 4.79 Å². The van der Waals surface area contributed by atoms with Gasteiger partial charge in [0.05, 0.1) is 19.3 Å². The number of urea groups is 1. The Balaban J connectivity index is 1.98. The normalized spacial score (nSPS) is 27.3. The van der Waals surface area contributed by atoms with Gasteiger partial charge in [0.15, 0.2) is 0 Å². The Labute approximate surface area is 119 Å². The Morgan fingerprint density at radius 3 is 2.30 bits per heavy atom. The standard InChI is InChI=1S/C14H24N2O4/c1-15(10-6-4-3-5-7-10)14(19)16(2)12-9-20-8-11(12)13(17)18/h10-12H,3-9H2,1-2H3,(H,17,18). The number of hydrogen-bond acceptors (Lipinski definition) is 3. The molecule has 1 heterocycles. The summed E-state index contributed by atoms with van der Waals surface area (Å²) in [6.07, 6.45) is 5.65. The molecule has 0 aromatic heterocycles. The summed E-state index contributed by atoms with van der Waals surface area (Å²) in [6, 6.07) is -0.186. The number of aliphatic carboxylic acids is 1. The second-order valence-corrected chi connectivity index (χ2v) is 5.85. The first-order valence-corrected chi connectivity index (χ1v) is 7.32. The highest BCUT2D eigenvalue weighted by Gasteiger charge is 2.39. The van der Waals surface area contributed by atoms with E-state index in [1.807, 2.05) is 7.05 Å². The van der Waals surface area contributed by atoms with Crippen LogP contribution < -0.4 is 0 Å². The van der Waals surface area contributed by atoms with Crippen molar-refractivity contribution < 1.29 is 19.4 Å². The summed E-state index contributed by atoms with van der Waals surface area (Å²) >= 11 is 0. The second kappa shape index (κ2) is 6.43. The number of hydrogen-bond donors (Lipinski definition) is 1. The van der Waals surface area contributed by atoms with Crippen LogP contribution in [0, 0.1) is 5.92 Å². The molecule has 2 rings (SSSR count). The van der Waals surface area contributed by atoms with Gasteiger partial charge in [-0.05, 0) is 12.8 Å². The van der Waals surface area contributed by atoms with Gasteiger partial charge in [0.25, 0.3) is 0 Å². The largest absolute Gasteiger partial charge is 0.481 e. The van der Waals surface area contributed by atoms with E-state index in [0.29, 0.717) is 6.61 Å². The van der Waals surface area contributed by atoms with Crippen LogP contribution in [-0.4, -0.2) is 66.3 Å². The van der Waals surface area contributed by atoms with E-state index in [1.165, 1.54) is 6.42 Å². The molecule has 6 heteroatoms. The molecule has 1 N–H and O–H groups in total. The van der Waals surface area contributed by atoms with E-state index in [2.05, 4.69) is 0 Å². The molecule has 1 aliphatic heterocycles. The quantitative estimate of drug-likeness (QED) is 0.850. The lowest BCUT2D eigenvalue weighted by Crippen LogP contribution is -2.51. The van der Waals surface area contributed by atoms with Gasteiger partial charge in [-0.25, -0.2) is 4.79 Å². The summed E-state index contributed by atoms with van der Waals surface area (Å²) in [7, 11) is 3.50. The fraction of sp³-hybridized carbons (Fsp3) is 0.857. The number of nitrogens with zero attached hydrogens (tertiary/aromatic N) is 2. The molecule has 20 heavy (non-hydrogen) atoms. The monoisotopic (exact) mass is 284 g/mol. The number of carboxylic acid groups (broad SMARTS) is 1. The van der Waals surface area contributed by atoms with Gasteiger partial charge in [-0.15, -0.1) is 0 Å². The van der Waals surface area contributed by atoms with Crippen molar-refractivity contribution in [3.05, 3.63) is 0 Å². The maximum Gasteiger partial charge on any atom is 0.320 e. The molecule has 0 spiro atoms. The van der Waals surface area contributed by atoms with Crippen LogP contribution in [0.15, 0.2) is 0 Å². The first kappa shape index (κ1) is 15.1. The second-order valence-electron chi connectivity index (χ2n) is 5.85. The van der Waals surface area contributed by atoms with Gasteiger partial charge in [0, 0.05) is 20.1 Å². The highest BCUT2D eigenvalue weighted by atomic mass is 16.5. The van der Waals surface area contributed by atoms with Crippen LogP contribution in [0.2, 0.25) is 0 Å². The average Bonchev–Trinajstić information content (AvgIpc) is 2.95. The van der Waals surface area contributed by atoms with E-state index in [4.69, 9.17) is 4.74 Å². The van der Waals surface area contributed by atoms with Crippen LogP contribution in [0.5, 0.6) is 0 Å². The third-order valence-corrected chi connectivity index (χ3v) is 4.59. The molecule has 0 aromatic rings. The number of likely N-dealkylation sites (N-methyl/N-ethyl adjacent to an activating group) is 1. The number of carbonyl (C=O) groups excluding carboxylic acids is 1. The lowest BCUT2D eigenvalue weighted by molar-refractivity contribution is -0.142. The third kappa shape index (κ3) is 3.06. The summed E-state index contributed by atoms with van der Waals surface area (Å²) < 4.78 is 5.23. The molecule has 2 aliphatic rings. The molecule has 2 fully saturated rings. The van der Waals surface area contributed by atoms with Crippen molar-refractivity contribution in [1.82, 2.24) is 9.80 Å². The van der Waals surface area contributed by atoms with E-state index >= 15 is 0 Å². The van der Waals surface area contributed by atoms with Gasteiger partial charge in [-0.2, -0.15) is 0 Å². The zero-order valence-electron chi connectivity index (χ0n) is 12.2. The van der Waals surface area contributed by atoms with Crippen LogP contribution in [0.25, 0.3) is 0 Å². The SMILES string of the molecule is CN(C(=O)N(C)C1COCC1C(=O)O)C1CCCCC1. The Morgan fingerprint density at radius 2 is 1.70 bits per heavy atom. The molecule has 2 atom stereocenters. The predicted molar refractivity (Wildman–Crippen MR) is 73.5 cm³/mol. The Kier molecular flexibility index (Phi) is 4.86. The maximum atomic E-state index is 12.5. The van der Waals surface area contributed by atoms with E-state index in [9.17, 15) is 14.7 Å². The average molecular weight is 284 g/mol. The van der Waals surface area contributed by atoms with Crippen LogP contribution in [0.3, 0.4) is 0 Å². The summed E-state index contributed by atoms with van der Waals surface area (Å²) in [6.45, 7) is 0.489. The minimum atomic E-state index is -0.896. The van der Waals surface area contributed by atoms with E-state index in [-0.39, 0.29) is 24.7 Å². The summed E-state index contributed by atoms with van der Waals surface area (Å²) in [5.41, 5.74) is 0. The zero-order valence-corrected chi connectivity index (χ0v) is 12.2. The van der Waals surface area contributed by atoms with Gasteiger partial charge in [0.1, 0.15) is 5.92 Å².